The number of ether oxygens (including phenoxy) is 1. The first-order valence-electron chi connectivity index (χ1n) is 8.86. The lowest BCUT2D eigenvalue weighted by atomic mass is 10.0. The number of nitrogens with one attached hydrogen (secondary N) is 1. The highest BCUT2D eigenvalue weighted by atomic mass is 16.5. The van der Waals surface area contributed by atoms with Crippen molar-refractivity contribution in [2.45, 2.75) is 13.8 Å². The normalized spacial score (nSPS) is 10.9. The van der Waals surface area contributed by atoms with E-state index in [1.165, 1.54) is 0 Å². The predicted octanol–water partition coefficient (Wildman–Crippen LogP) is 4.78. The summed E-state index contributed by atoms with van der Waals surface area (Å²) in [4.78, 5) is 24.5. The second-order valence-electron chi connectivity index (χ2n) is 6.24. The first-order chi connectivity index (χ1) is 13.2. The van der Waals surface area contributed by atoms with Crippen LogP contribution >= 0.6 is 0 Å². The number of aryl methyl sites for hydroxylation is 1. The van der Waals surface area contributed by atoms with Crippen molar-refractivity contribution in [1.82, 2.24) is 15.0 Å². The Bertz CT molecular complexity index is 1100. The first-order valence-corrected chi connectivity index (χ1v) is 8.86. The third kappa shape index (κ3) is 3.31. The number of imidazole rings is 1. The van der Waals surface area contributed by atoms with Crippen molar-refractivity contribution in [2.75, 3.05) is 6.61 Å². The molecule has 0 fully saturated rings. The molecule has 4 aromatic rings. The highest BCUT2D eigenvalue weighted by molar-refractivity contribution is 6.02. The molecule has 1 N–H and O–H groups in total. The third-order valence-corrected chi connectivity index (χ3v) is 4.36. The van der Waals surface area contributed by atoms with Gasteiger partial charge in [-0.05, 0) is 31.0 Å². The van der Waals surface area contributed by atoms with Crippen LogP contribution in [0.5, 0.6) is 0 Å². The van der Waals surface area contributed by atoms with E-state index in [0.717, 1.165) is 16.7 Å². The molecular formula is C22H19N3O2. The van der Waals surface area contributed by atoms with Crippen molar-refractivity contribution in [3.05, 3.63) is 72.1 Å². The largest absolute Gasteiger partial charge is 0.462 e. The zero-order valence-corrected chi connectivity index (χ0v) is 15.2. The van der Waals surface area contributed by atoms with Gasteiger partial charge < -0.3 is 9.72 Å². The third-order valence-electron chi connectivity index (χ3n) is 4.36. The summed E-state index contributed by atoms with van der Waals surface area (Å²) in [5, 5.41) is 0. The molecule has 5 heteroatoms. The molecule has 0 saturated heterocycles. The van der Waals surface area contributed by atoms with Crippen molar-refractivity contribution in [2.24, 2.45) is 0 Å². The topological polar surface area (TPSA) is 67.9 Å². The summed E-state index contributed by atoms with van der Waals surface area (Å²) in [5.41, 5.74) is 5.46. The average Bonchev–Trinajstić information content (AvgIpc) is 3.08. The highest BCUT2D eigenvalue weighted by Gasteiger charge is 2.17. The minimum Gasteiger partial charge on any atom is -0.462 e. The van der Waals surface area contributed by atoms with E-state index in [0.29, 0.717) is 34.9 Å². The van der Waals surface area contributed by atoms with E-state index in [4.69, 9.17) is 4.74 Å². The van der Waals surface area contributed by atoms with Gasteiger partial charge in [0.1, 0.15) is 5.82 Å². The van der Waals surface area contributed by atoms with E-state index >= 15 is 0 Å². The van der Waals surface area contributed by atoms with Crippen LogP contribution in [0.2, 0.25) is 0 Å². The Morgan fingerprint density at radius 1 is 0.963 bits per heavy atom. The van der Waals surface area contributed by atoms with Crippen LogP contribution in [-0.2, 0) is 4.74 Å². The molecular weight excluding hydrogens is 338 g/mol. The minimum atomic E-state index is -0.379. The molecule has 0 saturated carbocycles. The van der Waals surface area contributed by atoms with Crippen molar-refractivity contribution in [1.29, 1.82) is 0 Å². The number of esters is 1. The number of aromatic amines is 1. The van der Waals surface area contributed by atoms with E-state index in [1.54, 1.807) is 13.0 Å². The number of hydrogen-bond donors (Lipinski definition) is 1. The van der Waals surface area contributed by atoms with Crippen molar-refractivity contribution in [3.8, 4) is 22.4 Å². The van der Waals surface area contributed by atoms with Crippen LogP contribution < -0.4 is 0 Å². The number of hydrogen-bond acceptors (Lipinski definition) is 4. The Morgan fingerprint density at radius 3 is 2.33 bits per heavy atom. The molecule has 27 heavy (non-hydrogen) atoms. The molecule has 0 amide bonds. The zero-order chi connectivity index (χ0) is 18.8. The van der Waals surface area contributed by atoms with Crippen LogP contribution in [0.1, 0.15) is 23.1 Å². The maximum atomic E-state index is 12.4. The molecule has 2 aromatic carbocycles. The van der Waals surface area contributed by atoms with Crippen LogP contribution in [0.4, 0.5) is 0 Å². The zero-order valence-electron chi connectivity index (χ0n) is 15.2. The van der Waals surface area contributed by atoms with Crippen LogP contribution in [0.15, 0.2) is 60.7 Å². The molecule has 0 spiro atoms. The Morgan fingerprint density at radius 2 is 1.63 bits per heavy atom. The van der Waals surface area contributed by atoms with Crippen LogP contribution in [0, 0.1) is 6.92 Å². The molecule has 0 aliphatic heterocycles. The number of carbonyl (C=O) groups excluding carboxylic acids is 1. The lowest BCUT2D eigenvalue weighted by molar-refractivity contribution is 0.0528. The van der Waals surface area contributed by atoms with Crippen LogP contribution in [0.25, 0.3) is 33.5 Å². The summed E-state index contributed by atoms with van der Waals surface area (Å²) < 4.78 is 5.20. The lowest BCUT2D eigenvalue weighted by Gasteiger charge is -2.07. The highest BCUT2D eigenvalue weighted by Crippen LogP contribution is 2.27. The Labute approximate surface area is 157 Å². The Balaban J connectivity index is 1.78. The van der Waals surface area contributed by atoms with Gasteiger partial charge in [-0.15, -0.1) is 0 Å². The van der Waals surface area contributed by atoms with Crippen LogP contribution in [0.3, 0.4) is 0 Å². The molecule has 2 aromatic heterocycles. The van der Waals surface area contributed by atoms with E-state index in [2.05, 4.69) is 39.2 Å². The van der Waals surface area contributed by atoms with Crippen molar-refractivity contribution >= 4 is 17.1 Å². The Kier molecular flexibility index (Phi) is 4.42. The average molecular weight is 357 g/mol. The SMILES string of the molecule is CCOC(=O)c1cc(-c2ccc(-c3ccccc3)cc2)nc2nc(C)[nH]c12. The smallest absolute Gasteiger partial charge is 0.340 e. The van der Waals surface area contributed by atoms with Gasteiger partial charge in [-0.2, -0.15) is 0 Å². The van der Waals surface area contributed by atoms with E-state index in [1.807, 2.05) is 37.3 Å². The van der Waals surface area contributed by atoms with E-state index < -0.39 is 0 Å². The number of benzene rings is 2. The number of H-pyrrole nitrogens is 1. The fourth-order valence-electron chi connectivity index (χ4n) is 3.09. The van der Waals surface area contributed by atoms with E-state index in [-0.39, 0.29) is 5.97 Å². The number of rotatable bonds is 4. The van der Waals surface area contributed by atoms with Gasteiger partial charge >= 0.3 is 5.97 Å². The number of nitrogens with zero attached hydrogens (tertiary/aromatic N) is 2. The van der Waals surface area contributed by atoms with Gasteiger partial charge in [-0.1, -0.05) is 54.6 Å². The molecule has 0 aliphatic carbocycles. The fraction of sp³-hybridized carbons (Fsp3) is 0.136. The van der Waals surface area contributed by atoms with Gasteiger partial charge in [0.05, 0.1) is 23.4 Å². The molecule has 0 aliphatic rings. The summed E-state index contributed by atoms with van der Waals surface area (Å²) in [6.07, 6.45) is 0. The van der Waals surface area contributed by atoms with Gasteiger partial charge in [-0.3, -0.25) is 0 Å². The number of aromatic nitrogens is 3. The van der Waals surface area contributed by atoms with Crippen molar-refractivity contribution < 1.29 is 9.53 Å². The Hall–Kier alpha value is -3.47. The summed E-state index contributed by atoms with van der Waals surface area (Å²) in [5.74, 6) is 0.329. The fourth-order valence-corrected chi connectivity index (χ4v) is 3.09. The van der Waals surface area contributed by atoms with Gasteiger partial charge in [0, 0.05) is 5.56 Å². The quantitative estimate of drug-likeness (QED) is 0.534. The van der Waals surface area contributed by atoms with Crippen molar-refractivity contribution in [3.63, 3.8) is 0 Å². The van der Waals surface area contributed by atoms with Gasteiger partial charge in [0.15, 0.2) is 5.65 Å². The maximum Gasteiger partial charge on any atom is 0.340 e. The number of fused-ring (bicyclic) bond motifs is 1. The molecule has 2 heterocycles. The minimum absolute atomic E-state index is 0.316. The second-order valence-corrected chi connectivity index (χ2v) is 6.24. The molecule has 0 radical (unpaired) electrons. The molecule has 4 rings (SSSR count). The second kappa shape index (κ2) is 7.03. The number of carbonyl (C=O) groups is 1. The van der Waals surface area contributed by atoms with Crippen LogP contribution in [-0.4, -0.2) is 27.5 Å². The molecule has 0 unspecified atom stereocenters. The lowest BCUT2D eigenvalue weighted by Crippen LogP contribution is -2.06. The molecule has 5 nitrogen and oxygen atoms in total. The van der Waals surface area contributed by atoms with E-state index in [9.17, 15) is 4.79 Å². The summed E-state index contributed by atoms with van der Waals surface area (Å²) >= 11 is 0. The maximum absolute atomic E-state index is 12.4. The summed E-state index contributed by atoms with van der Waals surface area (Å²) in [6, 6.07) is 20.1. The summed E-state index contributed by atoms with van der Waals surface area (Å²) in [7, 11) is 0. The monoisotopic (exact) mass is 357 g/mol. The first kappa shape index (κ1) is 17.0. The predicted molar refractivity (Wildman–Crippen MR) is 105 cm³/mol. The molecule has 0 atom stereocenters. The molecule has 134 valence electrons. The van der Waals surface area contributed by atoms with Gasteiger partial charge in [-0.25, -0.2) is 14.8 Å². The number of pyridine rings is 1. The standard InChI is InChI=1S/C22H19N3O2/c1-3-27-22(26)18-13-19(25-21-20(18)23-14(2)24-21)17-11-9-16(10-12-17)15-7-5-4-6-8-15/h4-13H,3H2,1-2H3,(H,23,24,25). The summed E-state index contributed by atoms with van der Waals surface area (Å²) in [6.45, 7) is 3.94. The van der Waals surface area contributed by atoms with Gasteiger partial charge in [0.2, 0.25) is 0 Å². The van der Waals surface area contributed by atoms with Gasteiger partial charge in [0.25, 0.3) is 0 Å². The molecule has 0 bridgehead atoms.